The minimum Gasteiger partial charge on any atom is -0.469 e. The van der Waals surface area contributed by atoms with E-state index in [1.165, 1.54) is 6.26 Å². The predicted molar refractivity (Wildman–Crippen MR) is 76.2 cm³/mol. The van der Waals surface area contributed by atoms with E-state index in [-0.39, 0.29) is 17.9 Å². The third kappa shape index (κ3) is 3.04. The smallest absolute Gasteiger partial charge is 0.255 e. The van der Waals surface area contributed by atoms with Crippen LogP contribution in [0.3, 0.4) is 0 Å². The molecule has 1 fully saturated rings. The molecule has 0 saturated carbocycles. The lowest BCUT2D eigenvalue weighted by Crippen LogP contribution is -2.36. The van der Waals surface area contributed by atoms with Crippen molar-refractivity contribution in [3.8, 4) is 0 Å². The molecule has 1 saturated heterocycles. The molecule has 3 rings (SSSR count). The highest BCUT2D eigenvalue weighted by atomic mass is 16.5. The summed E-state index contributed by atoms with van der Waals surface area (Å²) in [4.78, 5) is 16.8. The molecule has 3 heterocycles. The zero-order valence-corrected chi connectivity index (χ0v) is 12.7. The Morgan fingerprint density at radius 1 is 1.36 bits per heavy atom. The van der Waals surface area contributed by atoms with Crippen molar-refractivity contribution < 1.29 is 18.5 Å². The Hall–Kier alpha value is -2.15. The van der Waals surface area contributed by atoms with Crippen molar-refractivity contribution in [2.75, 3.05) is 13.2 Å². The van der Waals surface area contributed by atoms with E-state index in [4.69, 9.17) is 13.7 Å². The van der Waals surface area contributed by atoms with Crippen LogP contribution in [0.25, 0.3) is 0 Å². The lowest BCUT2D eigenvalue weighted by molar-refractivity contribution is 0.0467. The molecule has 0 aromatic carbocycles. The second kappa shape index (κ2) is 6.31. The summed E-state index contributed by atoms with van der Waals surface area (Å²) in [5.74, 6) is 1.60. The van der Waals surface area contributed by atoms with Gasteiger partial charge in [-0.25, -0.2) is 0 Å². The molecule has 0 aliphatic carbocycles. The Kier molecular flexibility index (Phi) is 4.24. The van der Waals surface area contributed by atoms with Crippen molar-refractivity contribution in [2.24, 2.45) is 5.92 Å². The molecule has 1 aliphatic rings. The number of rotatable bonds is 4. The average Bonchev–Trinajstić information content (AvgIpc) is 3.14. The first-order valence-corrected chi connectivity index (χ1v) is 7.38. The van der Waals surface area contributed by atoms with Crippen molar-refractivity contribution in [1.29, 1.82) is 0 Å². The highest BCUT2D eigenvalue weighted by Crippen LogP contribution is 2.29. The van der Waals surface area contributed by atoms with Crippen LogP contribution < -0.4 is 5.32 Å². The van der Waals surface area contributed by atoms with Gasteiger partial charge in [-0.2, -0.15) is 4.98 Å². The number of ether oxygens (including phenoxy) is 1. The van der Waals surface area contributed by atoms with E-state index in [9.17, 15) is 4.79 Å². The molecule has 22 heavy (non-hydrogen) atoms. The van der Waals surface area contributed by atoms with Crippen LogP contribution in [0.5, 0.6) is 0 Å². The summed E-state index contributed by atoms with van der Waals surface area (Å²) in [6.07, 6.45) is 3.19. The number of nitrogens with one attached hydrogen (secondary N) is 1. The van der Waals surface area contributed by atoms with Gasteiger partial charge in [-0.1, -0.05) is 5.16 Å². The SMILES string of the molecule is Cc1noc(C(NC(=O)c2ccoc2C)C2CCOCC2)n1. The zero-order valence-electron chi connectivity index (χ0n) is 12.7. The number of carbonyl (C=O) groups is 1. The lowest BCUT2D eigenvalue weighted by Gasteiger charge is -2.28. The summed E-state index contributed by atoms with van der Waals surface area (Å²) in [6, 6.07) is 1.34. The van der Waals surface area contributed by atoms with Crippen molar-refractivity contribution in [3.63, 3.8) is 0 Å². The Morgan fingerprint density at radius 3 is 2.73 bits per heavy atom. The third-order valence-electron chi connectivity index (χ3n) is 3.94. The molecule has 1 amide bonds. The van der Waals surface area contributed by atoms with Gasteiger partial charge in [-0.05, 0) is 38.7 Å². The van der Waals surface area contributed by atoms with Gasteiger partial charge in [0.2, 0.25) is 5.89 Å². The fourth-order valence-electron chi connectivity index (χ4n) is 2.71. The van der Waals surface area contributed by atoms with E-state index >= 15 is 0 Å². The first-order valence-electron chi connectivity index (χ1n) is 7.38. The number of hydrogen-bond acceptors (Lipinski definition) is 6. The van der Waals surface area contributed by atoms with Crippen LogP contribution in [-0.4, -0.2) is 29.3 Å². The Bertz CT molecular complexity index is 643. The first-order chi connectivity index (χ1) is 10.6. The molecule has 1 N–H and O–H groups in total. The van der Waals surface area contributed by atoms with Gasteiger partial charge in [0.15, 0.2) is 5.82 Å². The number of hydrogen-bond donors (Lipinski definition) is 1. The van der Waals surface area contributed by atoms with Gasteiger partial charge >= 0.3 is 0 Å². The van der Waals surface area contributed by atoms with E-state index in [2.05, 4.69) is 15.5 Å². The van der Waals surface area contributed by atoms with Crippen LogP contribution in [0.15, 0.2) is 21.3 Å². The standard InChI is InChI=1S/C15H19N3O4/c1-9-12(5-8-21-9)14(19)17-13(11-3-6-20-7-4-11)15-16-10(2)18-22-15/h5,8,11,13H,3-4,6-7H2,1-2H3,(H,17,19). The molecular formula is C15H19N3O4. The number of aryl methyl sites for hydroxylation is 2. The van der Waals surface area contributed by atoms with Crippen LogP contribution in [0.2, 0.25) is 0 Å². The predicted octanol–water partition coefficient (Wildman–Crippen LogP) is 2.18. The molecule has 1 atom stereocenters. The van der Waals surface area contributed by atoms with Gasteiger partial charge in [0.1, 0.15) is 11.8 Å². The summed E-state index contributed by atoms with van der Waals surface area (Å²) in [5.41, 5.74) is 0.522. The summed E-state index contributed by atoms with van der Waals surface area (Å²) in [7, 11) is 0. The summed E-state index contributed by atoms with van der Waals surface area (Å²) < 4.78 is 15.9. The van der Waals surface area contributed by atoms with Crippen LogP contribution in [0.1, 0.15) is 46.7 Å². The third-order valence-corrected chi connectivity index (χ3v) is 3.94. The van der Waals surface area contributed by atoms with Gasteiger partial charge in [0, 0.05) is 13.2 Å². The van der Waals surface area contributed by atoms with Crippen LogP contribution in [-0.2, 0) is 4.74 Å². The highest BCUT2D eigenvalue weighted by Gasteiger charge is 2.31. The van der Waals surface area contributed by atoms with Gasteiger partial charge in [0.25, 0.3) is 5.91 Å². The molecule has 1 aliphatic heterocycles. The molecule has 7 nitrogen and oxygen atoms in total. The van der Waals surface area contributed by atoms with E-state index in [1.54, 1.807) is 19.9 Å². The molecule has 1 unspecified atom stereocenters. The number of nitrogens with zero attached hydrogens (tertiary/aromatic N) is 2. The maximum Gasteiger partial charge on any atom is 0.255 e. The number of aromatic nitrogens is 2. The van der Waals surface area contributed by atoms with E-state index < -0.39 is 0 Å². The van der Waals surface area contributed by atoms with E-state index in [0.29, 0.717) is 36.3 Å². The maximum absolute atomic E-state index is 12.5. The maximum atomic E-state index is 12.5. The quantitative estimate of drug-likeness (QED) is 0.931. The Labute approximate surface area is 128 Å². The average molecular weight is 305 g/mol. The number of carbonyl (C=O) groups excluding carboxylic acids is 1. The minimum atomic E-state index is -0.313. The topological polar surface area (TPSA) is 90.4 Å². The van der Waals surface area contributed by atoms with E-state index in [1.807, 2.05) is 0 Å². The molecule has 0 spiro atoms. The van der Waals surface area contributed by atoms with Crippen molar-refractivity contribution >= 4 is 5.91 Å². The van der Waals surface area contributed by atoms with Crippen LogP contribution >= 0.6 is 0 Å². The number of amides is 1. The van der Waals surface area contributed by atoms with Crippen LogP contribution in [0.4, 0.5) is 0 Å². The van der Waals surface area contributed by atoms with Crippen molar-refractivity contribution in [3.05, 3.63) is 35.4 Å². The monoisotopic (exact) mass is 305 g/mol. The molecule has 7 heteroatoms. The van der Waals surface area contributed by atoms with Crippen LogP contribution in [0, 0.1) is 19.8 Å². The van der Waals surface area contributed by atoms with E-state index in [0.717, 1.165) is 12.8 Å². The second-order valence-electron chi connectivity index (χ2n) is 5.47. The Balaban J connectivity index is 1.82. The molecule has 0 radical (unpaired) electrons. The molecular weight excluding hydrogens is 286 g/mol. The normalized spacial score (nSPS) is 17.4. The largest absolute Gasteiger partial charge is 0.469 e. The molecule has 2 aromatic rings. The van der Waals surface area contributed by atoms with Crippen molar-refractivity contribution in [2.45, 2.75) is 32.7 Å². The minimum absolute atomic E-state index is 0.196. The summed E-state index contributed by atoms with van der Waals surface area (Å²) in [5, 5.41) is 6.84. The van der Waals surface area contributed by atoms with Gasteiger partial charge in [0.05, 0.1) is 11.8 Å². The fourth-order valence-corrected chi connectivity index (χ4v) is 2.71. The van der Waals surface area contributed by atoms with Gasteiger partial charge in [-0.15, -0.1) is 0 Å². The fraction of sp³-hybridized carbons (Fsp3) is 0.533. The van der Waals surface area contributed by atoms with Gasteiger partial charge < -0.3 is 19.0 Å². The summed E-state index contributed by atoms with van der Waals surface area (Å²) in [6.45, 7) is 4.87. The molecule has 0 bridgehead atoms. The second-order valence-corrected chi connectivity index (χ2v) is 5.47. The molecule has 2 aromatic heterocycles. The number of furan rings is 1. The first kappa shape index (κ1) is 14.8. The van der Waals surface area contributed by atoms with Crippen molar-refractivity contribution in [1.82, 2.24) is 15.5 Å². The Morgan fingerprint density at radius 2 is 2.14 bits per heavy atom. The summed E-state index contributed by atoms with van der Waals surface area (Å²) >= 11 is 0. The highest BCUT2D eigenvalue weighted by molar-refractivity contribution is 5.95. The molecule has 118 valence electrons. The zero-order chi connectivity index (χ0) is 15.5. The van der Waals surface area contributed by atoms with Gasteiger partial charge in [-0.3, -0.25) is 4.79 Å². The lowest BCUT2D eigenvalue weighted by atomic mass is 9.91.